The second-order valence-electron chi connectivity index (χ2n) is 9.70. The van der Waals surface area contributed by atoms with Crippen molar-refractivity contribution in [2.45, 2.75) is 0 Å². The first-order chi connectivity index (χ1) is 18.4. The fraction of sp³-hybridized carbons (Fsp3) is 0.250. The highest BCUT2D eigenvalue weighted by Gasteiger charge is 2.42. The summed E-state index contributed by atoms with van der Waals surface area (Å²) in [4.78, 5) is 52.9. The third kappa shape index (κ3) is 4.74. The number of amides is 3. The second kappa shape index (κ2) is 9.94. The van der Waals surface area contributed by atoms with Crippen molar-refractivity contribution in [3.8, 4) is 0 Å². The van der Waals surface area contributed by atoms with Crippen molar-refractivity contribution >= 4 is 52.3 Å². The largest absolute Gasteiger partial charge is 0.340 e. The number of thioether (sulfide) groups is 1. The third-order valence-corrected chi connectivity index (χ3v) is 8.02. The van der Waals surface area contributed by atoms with Gasteiger partial charge >= 0.3 is 0 Å². The number of rotatable bonds is 5. The van der Waals surface area contributed by atoms with E-state index in [0.717, 1.165) is 30.5 Å². The Labute approximate surface area is 224 Å². The van der Waals surface area contributed by atoms with Crippen LogP contribution in [-0.2, 0) is 4.79 Å². The van der Waals surface area contributed by atoms with E-state index >= 15 is 0 Å². The van der Waals surface area contributed by atoms with Gasteiger partial charge in [-0.05, 0) is 42.1 Å². The van der Waals surface area contributed by atoms with Gasteiger partial charge in [0.25, 0.3) is 17.1 Å². The summed E-state index contributed by atoms with van der Waals surface area (Å²) >= 11 is 0.868. The first kappa shape index (κ1) is 24.2. The maximum Gasteiger partial charge on any atom is 0.290 e. The highest BCUT2D eigenvalue weighted by Crippen LogP contribution is 2.35. The maximum atomic E-state index is 13.0. The Morgan fingerprint density at radius 2 is 1.63 bits per heavy atom. The number of nitrogens with one attached hydrogen (secondary N) is 1. The monoisotopic (exact) mass is 526 g/mol. The number of para-hydroxylation sites is 1. The van der Waals surface area contributed by atoms with Gasteiger partial charge < -0.3 is 14.7 Å². The molecule has 4 heterocycles. The average molecular weight is 527 g/mol. The Bertz CT molecular complexity index is 1420. The number of benzene rings is 2. The molecule has 2 unspecified atom stereocenters. The zero-order valence-corrected chi connectivity index (χ0v) is 21.6. The van der Waals surface area contributed by atoms with Crippen LogP contribution in [0.25, 0.3) is 6.08 Å². The molecule has 0 saturated carbocycles. The van der Waals surface area contributed by atoms with E-state index in [1.807, 2.05) is 83.6 Å². The molecule has 9 nitrogen and oxygen atoms in total. The highest BCUT2D eigenvalue weighted by molar-refractivity contribution is 8.18. The van der Waals surface area contributed by atoms with E-state index in [2.05, 4.69) is 10.2 Å². The summed E-state index contributed by atoms with van der Waals surface area (Å²) in [5.41, 5.74) is 2.24. The lowest BCUT2D eigenvalue weighted by Gasteiger charge is -2.24. The van der Waals surface area contributed by atoms with E-state index < -0.39 is 5.91 Å². The second-order valence-corrected chi connectivity index (χ2v) is 10.7. The first-order valence-corrected chi connectivity index (χ1v) is 13.3. The van der Waals surface area contributed by atoms with Crippen molar-refractivity contribution in [1.82, 2.24) is 20.2 Å². The highest BCUT2D eigenvalue weighted by atomic mass is 32.2. The van der Waals surface area contributed by atoms with E-state index in [4.69, 9.17) is 9.97 Å². The first-order valence-electron chi connectivity index (χ1n) is 12.5. The summed E-state index contributed by atoms with van der Waals surface area (Å²) in [7, 11) is 1.94. The van der Waals surface area contributed by atoms with Crippen molar-refractivity contribution in [3.63, 3.8) is 0 Å². The van der Waals surface area contributed by atoms with E-state index in [9.17, 15) is 14.4 Å². The molecule has 1 N–H and O–H groups in total. The minimum absolute atomic E-state index is 0.0741. The summed E-state index contributed by atoms with van der Waals surface area (Å²) in [5.74, 6) is 1.57. The van der Waals surface area contributed by atoms with Gasteiger partial charge in [0.1, 0.15) is 5.82 Å². The number of carbonyl (C=O) groups is 3. The summed E-state index contributed by atoms with van der Waals surface area (Å²) in [5, 5.41) is 1.90. The Balaban J connectivity index is 1.26. The van der Waals surface area contributed by atoms with E-state index in [1.54, 1.807) is 6.08 Å². The molecule has 0 radical (unpaired) electrons. The summed E-state index contributed by atoms with van der Waals surface area (Å²) in [6.45, 7) is 2.89. The molecule has 2 atom stereocenters. The minimum Gasteiger partial charge on any atom is -0.340 e. The number of nitrogens with zero attached hydrogens (tertiary/aromatic N) is 5. The number of hydrogen-bond donors (Lipinski definition) is 1. The zero-order chi connectivity index (χ0) is 26.2. The smallest absolute Gasteiger partial charge is 0.290 e. The van der Waals surface area contributed by atoms with Crippen molar-refractivity contribution in [1.29, 1.82) is 0 Å². The topological polar surface area (TPSA) is 98.7 Å². The minimum atomic E-state index is -0.419. The normalized spacial score (nSPS) is 21.7. The molecular formula is C28H26N6O3S. The Morgan fingerprint density at radius 1 is 0.974 bits per heavy atom. The van der Waals surface area contributed by atoms with Gasteiger partial charge in [0.05, 0.1) is 10.6 Å². The van der Waals surface area contributed by atoms with Crippen LogP contribution in [0, 0.1) is 11.8 Å². The van der Waals surface area contributed by atoms with Gasteiger partial charge in [-0.15, -0.1) is 0 Å². The van der Waals surface area contributed by atoms with Crippen LogP contribution in [-0.4, -0.2) is 65.1 Å². The molecule has 10 heteroatoms. The lowest BCUT2D eigenvalue weighted by Crippen LogP contribution is -2.34. The number of imide groups is 1. The molecule has 0 spiro atoms. The molecule has 3 saturated heterocycles. The molecule has 3 aliphatic rings. The Hall–Kier alpha value is -4.18. The predicted molar refractivity (Wildman–Crippen MR) is 147 cm³/mol. The van der Waals surface area contributed by atoms with Gasteiger partial charge in [-0.2, -0.15) is 4.98 Å². The van der Waals surface area contributed by atoms with Gasteiger partial charge in [0.2, 0.25) is 5.95 Å². The van der Waals surface area contributed by atoms with Crippen LogP contribution in [0.5, 0.6) is 0 Å². The van der Waals surface area contributed by atoms with Crippen LogP contribution >= 0.6 is 11.8 Å². The molecule has 3 fully saturated rings. The van der Waals surface area contributed by atoms with Crippen LogP contribution in [0.4, 0.5) is 22.2 Å². The Morgan fingerprint density at radius 3 is 2.26 bits per heavy atom. The summed E-state index contributed by atoms with van der Waals surface area (Å²) in [6, 6.07) is 21.1. The van der Waals surface area contributed by atoms with E-state index in [-0.39, 0.29) is 11.1 Å². The molecular weight excluding hydrogens is 500 g/mol. The summed E-state index contributed by atoms with van der Waals surface area (Å²) < 4.78 is 0. The molecule has 3 aliphatic heterocycles. The number of carbonyl (C=O) groups excluding carboxylic acids is 3. The Kier molecular flexibility index (Phi) is 6.32. The van der Waals surface area contributed by atoms with Gasteiger partial charge in [0.15, 0.2) is 0 Å². The van der Waals surface area contributed by atoms with Crippen molar-refractivity contribution in [2.24, 2.45) is 11.8 Å². The molecule has 192 valence electrons. The van der Waals surface area contributed by atoms with E-state index in [1.165, 1.54) is 0 Å². The molecule has 38 heavy (non-hydrogen) atoms. The van der Waals surface area contributed by atoms with Crippen LogP contribution in [0.3, 0.4) is 0 Å². The average Bonchev–Trinajstić information content (AvgIpc) is 3.61. The number of likely N-dealkylation sites (tertiary alicyclic amines) is 1. The SMILES string of the molecule is CN(c1ccccc1)c1cc(/C=C2\SC(=O)NC2=O)nc(N2CC3CN(C(=O)c4ccccc4)CC3C2)n1. The molecule has 3 aromatic rings. The molecule has 3 amide bonds. The number of hydrogen-bond acceptors (Lipinski definition) is 8. The van der Waals surface area contributed by atoms with Crippen LogP contribution in [0.2, 0.25) is 0 Å². The van der Waals surface area contributed by atoms with Gasteiger partial charge in [0, 0.05) is 62.4 Å². The molecule has 6 rings (SSSR count). The fourth-order valence-corrected chi connectivity index (χ4v) is 5.92. The number of fused-ring (bicyclic) bond motifs is 1. The van der Waals surface area contributed by atoms with Crippen LogP contribution in [0.1, 0.15) is 16.1 Å². The summed E-state index contributed by atoms with van der Waals surface area (Å²) in [6.07, 6.45) is 1.63. The molecule has 1 aromatic heterocycles. The zero-order valence-electron chi connectivity index (χ0n) is 20.8. The third-order valence-electron chi connectivity index (χ3n) is 7.21. The lowest BCUT2D eigenvalue weighted by atomic mass is 10.0. The quantitative estimate of drug-likeness (QED) is 0.502. The van der Waals surface area contributed by atoms with Crippen LogP contribution < -0.4 is 15.1 Å². The molecule has 2 aromatic carbocycles. The molecule has 0 bridgehead atoms. The predicted octanol–water partition coefficient (Wildman–Crippen LogP) is 3.78. The van der Waals surface area contributed by atoms with Crippen molar-refractivity contribution in [3.05, 3.63) is 82.9 Å². The maximum absolute atomic E-state index is 13.0. The van der Waals surface area contributed by atoms with Crippen molar-refractivity contribution in [2.75, 3.05) is 43.0 Å². The van der Waals surface area contributed by atoms with Gasteiger partial charge in [-0.3, -0.25) is 19.7 Å². The van der Waals surface area contributed by atoms with Gasteiger partial charge in [-0.25, -0.2) is 4.98 Å². The van der Waals surface area contributed by atoms with Crippen LogP contribution in [0.15, 0.2) is 71.6 Å². The van der Waals surface area contributed by atoms with Gasteiger partial charge in [-0.1, -0.05) is 36.4 Å². The van der Waals surface area contributed by atoms with E-state index in [0.29, 0.717) is 52.9 Å². The number of anilines is 3. The molecule has 0 aliphatic carbocycles. The fourth-order valence-electron chi connectivity index (χ4n) is 5.25. The van der Waals surface area contributed by atoms with Crippen molar-refractivity contribution < 1.29 is 14.4 Å². The standard InChI is InChI=1S/C28H26N6O3S/c1-32(22-10-6-3-7-11-22)24-13-21(12-23-25(35)31-28(37)38-23)29-27(30-24)34-16-19-14-33(15-20(19)17-34)26(36)18-8-4-2-5-9-18/h2-13,19-20H,14-17H2,1H3,(H,31,35,37)/b23-12-. The number of aromatic nitrogens is 2. The lowest BCUT2D eigenvalue weighted by molar-refractivity contribution is -0.115.